The lowest BCUT2D eigenvalue weighted by Gasteiger charge is -2.19. The zero-order valence-electron chi connectivity index (χ0n) is 16.4. The maximum absolute atomic E-state index is 13.9. The topological polar surface area (TPSA) is 110 Å². The van der Waals surface area contributed by atoms with Crippen molar-refractivity contribution in [3.05, 3.63) is 42.3 Å². The Labute approximate surface area is 168 Å². The van der Waals surface area contributed by atoms with E-state index >= 15 is 0 Å². The summed E-state index contributed by atoms with van der Waals surface area (Å²) in [5, 5.41) is 15.0. The van der Waals surface area contributed by atoms with Crippen molar-refractivity contribution in [3.63, 3.8) is 0 Å². The Hall–Kier alpha value is -3.40. The molecule has 0 radical (unpaired) electrons. The van der Waals surface area contributed by atoms with Gasteiger partial charge in [0.05, 0.1) is 5.69 Å². The average molecular weight is 404 g/mol. The number of anilines is 2. The van der Waals surface area contributed by atoms with E-state index < -0.39 is 11.9 Å². The van der Waals surface area contributed by atoms with Crippen molar-refractivity contribution in [2.45, 2.75) is 6.42 Å². The highest BCUT2D eigenvalue weighted by molar-refractivity contribution is 5.88. The van der Waals surface area contributed by atoms with Crippen LogP contribution >= 0.6 is 0 Å². The normalized spacial score (nSPS) is 10.5. The highest BCUT2D eigenvalue weighted by Crippen LogP contribution is 2.26. The minimum Gasteiger partial charge on any atom is -0.530 e. The van der Waals surface area contributed by atoms with Gasteiger partial charge in [-0.1, -0.05) is 0 Å². The first-order chi connectivity index (χ1) is 13.7. The third kappa shape index (κ3) is 7.26. The number of hydrogen-bond acceptors (Lipinski definition) is 6. The van der Waals surface area contributed by atoms with E-state index in [9.17, 15) is 19.1 Å². The van der Waals surface area contributed by atoms with Crippen molar-refractivity contribution in [3.8, 4) is 11.5 Å². The number of benzene rings is 1. The third-order valence-corrected chi connectivity index (χ3v) is 3.82. The number of carboxylic acid groups (broad SMARTS) is 1. The first-order valence-corrected chi connectivity index (χ1v) is 8.83. The number of carbonyl (C=O) groups is 2. The molecule has 2 N–H and O–H groups in total. The van der Waals surface area contributed by atoms with Gasteiger partial charge in [0.15, 0.2) is 0 Å². The second-order valence-corrected chi connectivity index (χ2v) is 6.54. The molecule has 0 saturated carbocycles. The predicted molar refractivity (Wildman–Crippen MR) is 105 cm³/mol. The Balaban J connectivity index is 1.98. The minimum atomic E-state index is -1.61. The van der Waals surface area contributed by atoms with Crippen LogP contribution in [0.15, 0.2) is 36.5 Å². The summed E-state index contributed by atoms with van der Waals surface area (Å²) in [6.07, 6.45) is 0.667. The van der Waals surface area contributed by atoms with Gasteiger partial charge < -0.3 is 29.8 Å². The summed E-state index contributed by atoms with van der Waals surface area (Å²) in [5.74, 6) is -0.0578. The number of nitrogens with one attached hydrogen (secondary N) is 2. The molecular weight excluding hydrogens is 381 g/mol. The zero-order chi connectivity index (χ0) is 21.4. The van der Waals surface area contributed by atoms with Gasteiger partial charge in [-0.3, -0.25) is 5.32 Å². The minimum absolute atomic E-state index is 0.149. The highest BCUT2D eigenvalue weighted by Gasteiger charge is 2.11. The molecule has 0 atom stereocenters. The van der Waals surface area contributed by atoms with Crippen LogP contribution in [-0.4, -0.2) is 61.1 Å². The molecule has 0 aliphatic rings. The lowest BCUT2D eigenvalue weighted by molar-refractivity contribution is -0.242. The van der Waals surface area contributed by atoms with Gasteiger partial charge in [0.2, 0.25) is 0 Å². The molecule has 2 aromatic rings. The van der Waals surface area contributed by atoms with E-state index in [0.29, 0.717) is 12.3 Å². The molecule has 0 saturated heterocycles. The summed E-state index contributed by atoms with van der Waals surface area (Å²) in [6, 6.07) is 6.37. The molecule has 2 rings (SSSR count). The number of pyridine rings is 1. The molecule has 0 fully saturated rings. The van der Waals surface area contributed by atoms with Gasteiger partial charge in [-0.25, -0.2) is 14.2 Å². The van der Waals surface area contributed by atoms with E-state index in [0.717, 1.165) is 19.0 Å². The van der Waals surface area contributed by atoms with Crippen LogP contribution in [-0.2, 0) is 0 Å². The summed E-state index contributed by atoms with van der Waals surface area (Å²) >= 11 is 0. The second kappa shape index (κ2) is 10.2. The first-order valence-electron chi connectivity index (χ1n) is 8.83. The highest BCUT2D eigenvalue weighted by atomic mass is 19.1. The lowest BCUT2D eigenvalue weighted by Crippen LogP contribution is -2.33. The molecule has 3 amide bonds. The van der Waals surface area contributed by atoms with Gasteiger partial charge in [-0.05, 0) is 45.3 Å². The number of halogens is 1. The molecule has 29 heavy (non-hydrogen) atoms. The maximum atomic E-state index is 13.9. The van der Waals surface area contributed by atoms with Crippen LogP contribution < -0.4 is 20.5 Å². The van der Waals surface area contributed by atoms with Gasteiger partial charge in [0.1, 0.15) is 29.2 Å². The Morgan fingerprint density at radius 1 is 1.10 bits per heavy atom. The van der Waals surface area contributed by atoms with Crippen molar-refractivity contribution in [1.29, 1.82) is 0 Å². The first kappa shape index (κ1) is 21.9. The largest absolute Gasteiger partial charge is 0.530 e. The Morgan fingerprint density at radius 2 is 1.83 bits per heavy atom. The van der Waals surface area contributed by atoms with Crippen LogP contribution in [0.25, 0.3) is 0 Å². The molecule has 0 unspecified atom stereocenters. The summed E-state index contributed by atoms with van der Waals surface area (Å²) in [7, 11) is 5.62. The number of amides is 3. The fourth-order valence-electron chi connectivity index (χ4n) is 2.38. The monoisotopic (exact) mass is 404 g/mol. The summed E-state index contributed by atoms with van der Waals surface area (Å²) < 4.78 is 19.4. The number of rotatable bonds is 8. The average Bonchev–Trinajstić information content (AvgIpc) is 2.63. The van der Waals surface area contributed by atoms with Crippen molar-refractivity contribution < 1.29 is 23.8 Å². The molecular formula is C19H23FN5O4-. The zero-order valence-corrected chi connectivity index (χ0v) is 16.4. The van der Waals surface area contributed by atoms with Gasteiger partial charge in [0.25, 0.3) is 0 Å². The van der Waals surface area contributed by atoms with Gasteiger partial charge in [-0.2, -0.15) is 0 Å². The van der Waals surface area contributed by atoms with E-state index in [4.69, 9.17) is 4.74 Å². The van der Waals surface area contributed by atoms with Gasteiger partial charge in [-0.15, -0.1) is 0 Å². The number of carbonyl (C=O) groups excluding carboxylic acids is 2. The maximum Gasteiger partial charge on any atom is 0.322 e. The van der Waals surface area contributed by atoms with Crippen LogP contribution in [0.5, 0.6) is 11.5 Å². The molecule has 0 aliphatic heterocycles. The quantitative estimate of drug-likeness (QED) is 0.698. The van der Waals surface area contributed by atoms with Crippen molar-refractivity contribution in [2.24, 2.45) is 0 Å². The molecule has 0 aliphatic carbocycles. The van der Waals surface area contributed by atoms with E-state index in [1.165, 1.54) is 24.4 Å². The number of urea groups is 1. The predicted octanol–water partition coefficient (Wildman–Crippen LogP) is 2.18. The fraction of sp³-hybridized carbons (Fsp3) is 0.316. The van der Waals surface area contributed by atoms with Gasteiger partial charge in [0, 0.05) is 31.9 Å². The molecule has 1 aromatic carbocycles. The van der Waals surface area contributed by atoms with Crippen molar-refractivity contribution >= 4 is 23.6 Å². The van der Waals surface area contributed by atoms with Crippen LogP contribution in [0, 0.1) is 5.82 Å². The molecule has 0 bridgehead atoms. The molecule has 0 spiro atoms. The molecule has 10 heteroatoms. The molecule has 9 nitrogen and oxygen atoms in total. The summed E-state index contributed by atoms with van der Waals surface area (Å²) in [5.41, 5.74) is -0.239. The fourth-order valence-corrected chi connectivity index (χ4v) is 2.38. The smallest absolute Gasteiger partial charge is 0.322 e. The van der Waals surface area contributed by atoms with Crippen LogP contribution in [0.4, 0.5) is 25.5 Å². The van der Waals surface area contributed by atoms with Crippen LogP contribution in [0.2, 0.25) is 0 Å². The lowest BCUT2D eigenvalue weighted by atomic mass is 10.3. The number of aromatic nitrogens is 1. The van der Waals surface area contributed by atoms with Crippen molar-refractivity contribution in [2.75, 3.05) is 44.9 Å². The van der Waals surface area contributed by atoms with E-state index in [1.54, 1.807) is 18.0 Å². The number of ether oxygens (including phenoxy) is 1. The van der Waals surface area contributed by atoms with E-state index in [-0.39, 0.29) is 23.3 Å². The van der Waals surface area contributed by atoms with Crippen LogP contribution in [0.1, 0.15) is 6.42 Å². The summed E-state index contributed by atoms with van der Waals surface area (Å²) in [4.78, 5) is 30.4. The molecule has 156 valence electrons. The Bertz CT molecular complexity index is 862. The number of nitrogens with zero attached hydrogens (tertiary/aromatic N) is 3. The SMILES string of the molecule is CN(C)CCCN(C)C(=O)Nc1cc(Oc2ccc(NC(=O)[O-])c(F)c2)ccn1. The standard InChI is InChI=1S/C19H24FN5O4/c1-24(2)9-4-10-25(3)18(26)23-17-12-14(7-8-21-17)29-13-5-6-16(15(20)11-13)22-19(27)28/h5-8,11-12,22H,4,9-10H2,1-3H3,(H,27,28)(H,21,23,26)/p-1. The second-order valence-electron chi connectivity index (χ2n) is 6.54. The van der Waals surface area contributed by atoms with Crippen molar-refractivity contribution in [1.82, 2.24) is 14.8 Å². The van der Waals surface area contributed by atoms with E-state index in [1.807, 2.05) is 24.3 Å². The van der Waals surface area contributed by atoms with Crippen LogP contribution in [0.3, 0.4) is 0 Å². The summed E-state index contributed by atoms with van der Waals surface area (Å²) in [6.45, 7) is 1.46. The number of hydrogen-bond donors (Lipinski definition) is 2. The Kier molecular flexibility index (Phi) is 7.72. The van der Waals surface area contributed by atoms with Gasteiger partial charge >= 0.3 is 6.03 Å². The molecule has 1 aromatic heterocycles. The Morgan fingerprint density at radius 3 is 2.48 bits per heavy atom. The third-order valence-electron chi connectivity index (χ3n) is 3.82. The molecule has 1 heterocycles. The van der Waals surface area contributed by atoms with E-state index in [2.05, 4.69) is 10.3 Å².